The van der Waals surface area contributed by atoms with Gasteiger partial charge in [-0.15, -0.1) is 0 Å². The fourth-order valence-corrected chi connectivity index (χ4v) is 2.66. The van der Waals surface area contributed by atoms with Gasteiger partial charge in [-0.3, -0.25) is 0 Å². The van der Waals surface area contributed by atoms with Crippen LogP contribution >= 0.6 is 0 Å². The van der Waals surface area contributed by atoms with Crippen LogP contribution in [0.15, 0.2) is 24.3 Å². The summed E-state index contributed by atoms with van der Waals surface area (Å²) in [5.41, 5.74) is 1.09. The number of nitrogens with zero attached hydrogens (tertiary/aromatic N) is 1. The topological polar surface area (TPSA) is 15.3 Å². The van der Waals surface area contributed by atoms with E-state index in [9.17, 15) is 4.39 Å². The zero-order valence-corrected chi connectivity index (χ0v) is 12.1. The van der Waals surface area contributed by atoms with Crippen LogP contribution in [0.4, 0.5) is 10.1 Å². The quantitative estimate of drug-likeness (QED) is 0.891. The minimum Gasteiger partial charge on any atom is -0.381 e. The molecule has 106 valence electrons. The average Bonchev–Trinajstić information content (AvgIpc) is 2.53. The van der Waals surface area contributed by atoms with Crippen molar-refractivity contribution in [1.82, 2.24) is 4.90 Å². The molecule has 0 unspecified atom stereocenters. The third-order valence-electron chi connectivity index (χ3n) is 4.05. The van der Waals surface area contributed by atoms with Gasteiger partial charge in [0.05, 0.1) is 5.69 Å². The van der Waals surface area contributed by atoms with Crippen LogP contribution < -0.4 is 5.32 Å². The van der Waals surface area contributed by atoms with E-state index in [1.54, 1.807) is 12.1 Å². The molecule has 3 heteroatoms. The van der Waals surface area contributed by atoms with E-state index >= 15 is 0 Å². The van der Waals surface area contributed by atoms with Gasteiger partial charge in [-0.25, -0.2) is 4.39 Å². The Morgan fingerprint density at radius 3 is 2.79 bits per heavy atom. The number of halogens is 1. The largest absolute Gasteiger partial charge is 0.381 e. The Hall–Kier alpha value is -1.09. The molecular weight excluding hydrogens is 239 g/mol. The predicted octanol–water partition coefficient (Wildman–Crippen LogP) is 3.75. The maximum atomic E-state index is 13.4. The SMILES string of the molecule is CC1(C)CCCN(CCNc2ccccc2F)CC1. The van der Waals surface area contributed by atoms with Crippen molar-refractivity contribution in [2.75, 3.05) is 31.5 Å². The highest BCUT2D eigenvalue weighted by Gasteiger charge is 2.22. The minimum atomic E-state index is -0.167. The van der Waals surface area contributed by atoms with Gasteiger partial charge in [-0.2, -0.15) is 0 Å². The van der Waals surface area contributed by atoms with Crippen molar-refractivity contribution >= 4 is 5.69 Å². The summed E-state index contributed by atoms with van der Waals surface area (Å²) in [7, 11) is 0. The summed E-state index contributed by atoms with van der Waals surface area (Å²) in [5, 5.41) is 3.18. The van der Waals surface area contributed by atoms with Gasteiger partial charge in [0, 0.05) is 13.1 Å². The summed E-state index contributed by atoms with van der Waals surface area (Å²) in [6.07, 6.45) is 3.84. The van der Waals surface area contributed by atoms with E-state index in [0.29, 0.717) is 11.1 Å². The second-order valence-corrected chi connectivity index (χ2v) is 6.27. The summed E-state index contributed by atoms with van der Waals surface area (Å²) in [6, 6.07) is 6.87. The van der Waals surface area contributed by atoms with E-state index in [0.717, 1.165) is 19.6 Å². The highest BCUT2D eigenvalue weighted by Crippen LogP contribution is 2.29. The first kappa shape index (κ1) is 14.3. The Bertz CT molecular complexity index is 403. The molecule has 1 N–H and O–H groups in total. The molecule has 2 nitrogen and oxygen atoms in total. The molecule has 1 aliphatic heterocycles. The van der Waals surface area contributed by atoms with E-state index in [-0.39, 0.29) is 5.82 Å². The van der Waals surface area contributed by atoms with Crippen LogP contribution in [0.2, 0.25) is 0 Å². The molecule has 19 heavy (non-hydrogen) atoms. The van der Waals surface area contributed by atoms with E-state index < -0.39 is 0 Å². The molecule has 0 aromatic heterocycles. The van der Waals surface area contributed by atoms with Crippen molar-refractivity contribution in [1.29, 1.82) is 0 Å². The highest BCUT2D eigenvalue weighted by atomic mass is 19.1. The summed E-state index contributed by atoms with van der Waals surface area (Å²) in [5.74, 6) is -0.167. The number of para-hydroxylation sites is 1. The van der Waals surface area contributed by atoms with E-state index in [4.69, 9.17) is 0 Å². The third kappa shape index (κ3) is 4.50. The summed E-state index contributed by atoms with van der Waals surface area (Å²) >= 11 is 0. The fourth-order valence-electron chi connectivity index (χ4n) is 2.66. The van der Waals surface area contributed by atoms with Gasteiger partial charge in [-0.1, -0.05) is 26.0 Å². The first-order chi connectivity index (χ1) is 9.07. The van der Waals surface area contributed by atoms with Gasteiger partial charge < -0.3 is 10.2 Å². The lowest BCUT2D eigenvalue weighted by Crippen LogP contribution is -2.30. The summed E-state index contributed by atoms with van der Waals surface area (Å²) < 4.78 is 13.4. The van der Waals surface area contributed by atoms with Crippen LogP contribution in [-0.4, -0.2) is 31.1 Å². The van der Waals surface area contributed by atoms with Gasteiger partial charge in [0.25, 0.3) is 0 Å². The molecule has 1 aliphatic rings. The molecule has 1 heterocycles. The molecule has 1 fully saturated rings. The molecule has 0 aliphatic carbocycles. The molecule has 1 aromatic rings. The number of nitrogens with one attached hydrogen (secondary N) is 1. The fraction of sp³-hybridized carbons (Fsp3) is 0.625. The number of benzene rings is 1. The van der Waals surface area contributed by atoms with Crippen LogP contribution in [0.25, 0.3) is 0 Å². The van der Waals surface area contributed by atoms with Crippen molar-refractivity contribution in [2.24, 2.45) is 5.41 Å². The van der Waals surface area contributed by atoms with Crippen molar-refractivity contribution in [3.05, 3.63) is 30.1 Å². The highest BCUT2D eigenvalue weighted by molar-refractivity contribution is 5.44. The molecule has 1 saturated heterocycles. The van der Waals surface area contributed by atoms with Gasteiger partial charge in [0.2, 0.25) is 0 Å². The monoisotopic (exact) mass is 264 g/mol. The van der Waals surface area contributed by atoms with Crippen LogP contribution in [0.3, 0.4) is 0 Å². The number of hydrogen-bond acceptors (Lipinski definition) is 2. The lowest BCUT2D eigenvalue weighted by atomic mass is 9.85. The normalized spacial score (nSPS) is 19.9. The molecule has 2 rings (SSSR count). The summed E-state index contributed by atoms with van der Waals surface area (Å²) in [6.45, 7) is 8.84. The van der Waals surface area contributed by atoms with Crippen LogP contribution in [0.5, 0.6) is 0 Å². The number of hydrogen-bond donors (Lipinski definition) is 1. The second kappa shape index (κ2) is 6.38. The Morgan fingerprint density at radius 2 is 2.00 bits per heavy atom. The van der Waals surface area contributed by atoms with Gasteiger partial charge >= 0.3 is 0 Å². The zero-order valence-electron chi connectivity index (χ0n) is 12.1. The van der Waals surface area contributed by atoms with Crippen molar-refractivity contribution < 1.29 is 4.39 Å². The zero-order chi connectivity index (χ0) is 13.7. The predicted molar refractivity (Wildman–Crippen MR) is 79.0 cm³/mol. The van der Waals surface area contributed by atoms with Crippen molar-refractivity contribution in [3.8, 4) is 0 Å². The smallest absolute Gasteiger partial charge is 0.146 e. The Balaban J connectivity index is 1.75. The maximum absolute atomic E-state index is 13.4. The van der Waals surface area contributed by atoms with Crippen LogP contribution in [0, 0.1) is 11.2 Å². The number of rotatable bonds is 4. The molecule has 1 aromatic carbocycles. The van der Waals surface area contributed by atoms with Crippen LogP contribution in [0.1, 0.15) is 33.1 Å². The average molecular weight is 264 g/mol. The number of likely N-dealkylation sites (tertiary alicyclic amines) is 1. The first-order valence-electron chi connectivity index (χ1n) is 7.28. The molecule has 0 bridgehead atoms. The molecule has 0 amide bonds. The van der Waals surface area contributed by atoms with Crippen molar-refractivity contribution in [2.45, 2.75) is 33.1 Å². The molecular formula is C16H25FN2. The van der Waals surface area contributed by atoms with E-state index in [2.05, 4.69) is 24.1 Å². The van der Waals surface area contributed by atoms with Gasteiger partial charge in [0.15, 0.2) is 0 Å². The Labute approximate surface area is 116 Å². The molecule has 0 atom stereocenters. The minimum absolute atomic E-state index is 0.167. The molecule has 0 saturated carbocycles. The summed E-state index contributed by atoms with van der Waals surface area (Å²) in [4.78, 5) is 2.49. The van der Waals surface area contributed by atoms with E-state index in [1.165, 1.54) is 31.9 Å². The lowest BCUT2D eigenvalue weighted by Gasteiger charge is -2.23. The third-order valence-corrected chi connectivity index (χ3v) is 4.05. The molecule has 0 spiro atoms. The van der Waals surface area contributed by atoms with Gasteiger partial charge in [0.1, 0.15) is 5.82 Å². The van der Waals surface area contributed by atoms with Crippen molar-refractivity contribution in [3.63, 3.8) is 0 Å². The first-order valence-corrected chi connectivity index (χ1v) is 7.28. The lowest BCUT2D eigenvalue weighted by molar-refractivity contribution is 0.269. The van der Waals surface area contributed by atoms with Crippen LogP contribution in [-0.2, 0) is 0 Å². The Kier molecular flexibility index (Phi) is 4.81. The Morgan fingerprint density at radius 1 is 1.21 bits per heavy atom. The maximum Gasteiger partial charge on any atom is 0.146 e. The molecule has 0 radical (unpaired) electrons. The second-order valence-electron chi connectivity index (χ2n) is 6.27. The van der Waals surface area contributed by atoms with E-state index in [1.807, 2.05) is 6.07 Å². The standard InChI is InChI=1S/C16H25FN2/c1-16(2)8-5-11-19(12-9-16)13-10-18-15-7-4-3-6-14(15)17/h3-4,6-7,18H,5,8-13H2,1-2H3. The number of anilines is 1. The van der Waals surface area contributed by atoms with Gasteiger partial charge in [-0.05, 0) is 49.9 Å².